The van der Waals surface area contributed by atoms with Gasteiger partial charge >= 0.3 is 12.0 Å². The van der Waals surface area contributed by atoms with Gasteiger partial charge in [0.1, 0.15) is 0 Å². The first-order valence-corrected chi connectivity index (χ1v) is 7.82. The molecule has 1 atom stereocenters. The molecular weight excluding hydrogens is 294 g/mol. The summed E-state index contributed by atoms with van der Waals surface area (Å²) >= 11 is 0. The van der Waals surface area contributed by atoms with Crippen molar-refractivity contribution in [2.75, 3.05) is 19.6 Å². The van der Waals surface area contributed by atoms with Gasteiger partial charge in [-0.1, -0.05) is 6.92 Å². The minimum atomic E-state index is -2.59. The third-order valence-corrected chi connectivity index (χ3v) is 4.61. The highest BCUT2D eigenvalue weighted by molar-refractivity contribution is 5.74. The van der Waals surface area contributed by atoms with Crippen LogP contribution >= 0.6 is 0 Å². The normalized spacial score (nSPS) is 26.1. The van der Waals surface area contributed by atoms with Gasteiger partial charge < -0.3 is 15.3 Å². The Bertz CT molecular complexity index is 435. The molecule has 1 saturated carbocycles. The van der Waals surface area contributed by atoms with E-state index in [4.69, 9.17) is 5.11 Å². The number of amides is 2. The van der Waals surface area contributed by atoms with Crippen molar-refractivity contribution in [1.29, 1.82) is 0 Å². The molecule has 2 N–H and O–H groups in total. The van der Waals surface area contributed by atoms with Gasteiger partial charge in [0.15, 0.2) is 0 Å². The summed E-state index contributed by atoms with van der Waals surface area (Å²) in [5.74, 6) is -3.20. The summed E-state index contributed by atoms with van der Waals surface area (Å²) in [5.41, 5.74) is -0.516. The number of carbonyl (C=O) groups is 2. The number of urea groups is 1. The van der Waals surface area contributed by atoms with Crippen LogP contribution in [0.5, 0.6) is 0 Å². The summed E-state index contributed by atoms with van der Waals surface area (Å²) in [4.78, 5) is 24.4. The number of carboxylic acids is 1. The van der Waals surface area contributed by atoms with Crippen LogP contribution in [0.4, 0.5) is 13.6 Å². The molecule has 2 aliphatic rings. The minimum Gasteiger partial charge on any atom is -0.481 e. The fourth-order valence-corrected chi connectivity index (χ4v) is 3.54. The largest absolute Gasteiger partial charge is 0.481 e. The second-order valence-corrected chi connectivity index (χ2v) is 7.07. The van der Waals surface area contributed by atoms with Crippen molar-refractivity contribution in [3.05, 3.63) is 0 Å². The number of aliphatic carboxylic acids is 1. The topological polar surface area (TPSA) is 69.6 Å². The molecule has 1 unspecified atom stereocenters. The van der Waals surface area contributed by atoms with Crippen LogP contribution in [0.3, 0.4) is 0 Å². The molecular formula is C15H24F2N2O3. The zero-order valence-corrected chi connectivity index (χ0v) is 12.9. The van der Waals surface area contributed by atoms with Crippen molar-refractivity contribution < 1.29 is 23.5 Å². The Hall–Kier alpha value is -1.40. The first-order valence-electron chi connectivity index (χ1n) is 7.82. The van der Waals surface area contributed by atoms with Crippen molar-refractivity contribution >= 4 is 12.0 Å². The minimum absolute atomic E-state index is 0.118. The van der Waals surface area contributed by atoms with Crippen LogP contribution in [-0.4, -0.2) is 47.6 Å². The van der Waals surface area contributed by atoms with Gasteiger partial charge in [0, 0.05) is 38.9 Å². The maximum Gasteiger partial charge on any atom is 0.317 e. The van der Waals surface area contributed by atoms with Gasteiger partial charge in [-0.3, -0.25) is 4.79 Å². The van der Waals surface area contributed by atoms with E-state index in [2.05, 4.69) is 5.32 Å². The van der Waals surface area contributed by atoms with Crippen molar-refractivity contribution in [1.82, 2.24) is 10.2 Å². The third-order valence-electron chi connectivity index (χ3n) is 4.61. The van der Waals surface area contributed by atoms with E-state index in [1.807, 2.05) is 0 Å². The fraction of sp³-hybridized carbons (Fsp3) is 0.867. The Morgan fingerprint density at radius 2 is 2.05 bits per heavy atom. The van der Waals surface area contributed by atoms with E-state index in [1.54, 1.807) is 11.8 Å². The number of hydrogen-bond acceptors (Lipinski definition) is 2. The molecule has 2 rings (SSSR count). The molecule has 2 fully saturated rings. The molecule has 0 spiro atoms. The summed E-state index contributed by atoms with van der Waals surface area (Å²) in [6, 6.07) is -0.225. The second kappa shape index (κ2) is 6.38. The lowest BCUT2D eigenvalue weighted by molar-refractivity contribution is -0.151. The first kappa shape index (κ1) is 17.0. The van der Waals surface area contributed by atoms with Gasteiger partial charge in [0.2, 0.25) is 5.92 Å². The molecule has 2 amide bonds. The number of carboxylic acid groups (broad SMARTS) is 1. The predicted molar refractivity (Wildman–Crippen MR) is 76.9 cm³/mol. The maximum atomic E-state index is 12.9. The molecule has 1 heterocycles. The van der Waals surface area contributed by atoms with Crippen LogP contribution in [0.15, 0.2) is 0 Å². The second-order valence-electron chi connectivity index (χ2n) is 7.07. The average molecular weight is 318 g/mol. The van der Waals surface area contributed by atoms with E-state index in [0.29, 0.717) is 19.5 Å². The van der Waals surface area contributed by atoms with Gasteiger partial charge in [-0.2, -0.15) is 0 Å². The smallest absolute Gasteiger partial charge is 0.317 e. The van der Waals surface area contributed by atoms with Crippen molar-refractivity contribution in [3.63, 3.8) is 0 Å². The number of hydrogen-bond donors (Lipinski definition) is 2. The van der Waals surface area contributed by atoms with Crippen LogP contribution < -0.4 is 5.32 Å². The Labute approximate surface area is 129 Å². The lowest BCUT2D eigenvalue weighted by atomic mass is 9.67. The standard InChI is InChI=1S/C15H24F2N2O3/c1-14(8-15(16,17)9-14)10-18-13(22)19-6-2-3-11(7-19)4-5-12(20)21/h11H,2-10H2,1H3,(H,18,22)(H,20,21). The van der Waals surface area contributed by atoms with E-state index < -0.39 is 17.3 Å². The lowest BCUT2D eigenvalue weighted by Crippen LogP contribution is -2.53. The number of nitrogens with zero attached hydrogens (tertiary/aromatic N) is 1. The first-order chi connectivity index (χ1) is 10.2. The van der Waals surface area contributed by atoms with E-state index in [-0.39, 0.29) is 37.8 Å². The van der Waals surface area contributed by atoms with E-state index >= 15 is 0 Å². The number of rotatable bonds is 5. The molecule has 1 saturated heterocycles. The average Bonchev–Trinajstić information content (AvgIpc) is 2.40. The van der Waals surface area contributed by atoms with E-state index in [9.17, 15) is 18.4 Å². The molecule has 0 radical (unpaired) electrons. The summed E-state index contributed by atoms with van der Waals surface area (Å²) < 4.78 is 25.9. The number of alkyl halides is 2. The molecule has 5 nitrogen and oxygen atoms in total. The van der Waals surface area contributed by atoms with Crippen LogP contribution in [0.1, 0.15) is 45.4 Å². The SMILES string of the molecule is CC1(CNC(=O)N2CCCC(CCC(=O)O)C2)CC(F)(F)C1. The molecule has 22 heavy (non-hydrogen) atoms. The lowest BCUT2D eigenvalue weighted by Gasteiger charge is -2.45. The number of piperidine rings is 1. The summed E-state index contributed by atoms with van der Waals surface area (Å²) in [6.45, 7) is 3.21. The zero-order chi connectivity index (χ0) is 16.4. The third kappa shape index (κ3) is 4.55. The number of nitrogens with one attached hydrogen (secondary N) is 1. The highest BCUT2D eigenvalue weighted by atomic mass is 19.3. The fourth-order valence-electron chi connectivity index (χ4n) is 3.54. The van der Waals surface area contributed by atoms with E-state index in [1.165, 1.54) is 0 Å². The van der Waals surface area contributed by atoms with Crippen molar-refractivity contribution in [3.8, 4) is 0 Å². The molecule has 126 valence electrons. The Morgan fingerprint density at radius 1 is 1.36 bits per heavy atom. The maximum absolute atomic E-state index is 12.9. The number of carbonyl (C=O) groups excluding carboxylic acids is 1. The zero-order valence-electron chi connectivity index (χ0n) is 12.9. The van der Waals surface area contributed by atoms with Crippen LogP contribution in [-0.2, 0) is 4.79 Å². The van der Waals surface area contributed by atoms with Crippen LogP contribution in [0.25, 0.3) is 0 Å². The molecule has 1 aliphatic heterocycles. The molecule has 0 aromatic heterocycles. The van der Waals surface area contributed by atoms with Gasteiger partial charge in [-0.25, -0.2) is 13.6 Å². The van der Waals surface area contributed by atoms with Gasteiger partial charge in [-0.15, -0.1) is 0 Å². The highest BCUT2D eigenvalue weighted by Crippen LogP contribution is 2.51. The van der Waals surface area contributed by atoms with Gasteiger partial charge in [0.25, 0.3) is 0 Å². The van der Waals surface area contributed by atoms with Gasteiger partial charge in [0.05, 0.1) is 0 Å². The summed E-state index contributed by atoms with van der Waals surface area (Å²) in [6.07, 6.45) is 2.12. The molecule has 0 aromatic carbocycles. The van der Waals surface area contributed by atoms with Crippen LogP contribution in [0, 0.1) is 11.3 Å². The van der Waals surface area contributed by atoms with Crippen LogP contribution in [0.2, 0.25) is 0 Å². The molecule has 1 aliphatic carbocycles. The Kier molecular flexibility index (Phi) is 4.92. The summed E-state index contributed by atoms with van der Waals surface area (Å²) in [7, 11) is 0. The Balaban J connectivity index is 1.74. The number of halogens is 2. The molecule has 7 heteroatoms. The molecule has 0 aromatic rings. The van der Waals surface area contributed by atoms with Crippen molar-refractivity contribution in [2.24, 2.45) is 11.3 Å². The number of likely N-dealkylation sites (tertiary alicyclic amines) is 1. The van der Waals surface area contributed by atoms with Crippen molar-refractivity contribution in [2.45, 2.75) is 51.4 Å². The highest BCUT2D eigenvalue weighted by Gasteiger charge is 2.53. The summed E-state index contributed by atoms with van der Waals surface area (Å²) in [5, 5.41) is 11.5. The monoisotopic (exact) mass is 318 g/mol. The van der Waals surface area contributed by atoms with E-state index in [0.717, 1.165) is 12.8 Å². The van der Waals surface area contributed by atoms with Gasteiger partial charge in [-0.05, 0) is 30.6 Å². The molecule has 0 bridgehead atoms. The Morgan fingerprint density at radius 3 is 2.64 bits per heavy atom. The predicted octanol–water partition coefficient (Wildman–Crippen LogP) is 2.71. The quantitative estimate of drug-likeness (QED) is 0.819.